The minimum atomic E-state index is -0.396. The van der Waals surface area contributed by atoms with Gasteiger partial charge >= 0.3 is 0 Å². The third kappa shape index (κ3) is 2.59. The highest BCUT2D eigenvalue weighted by molar-refractivity contribution is 9.10. The Morgan fingerprint density at radius 3 is 2.53 bits per heavy atom. The van der Waals surface area contributed by atoms with Crippen molar-refractivity contribution in [2.45, 2.75) is 19.9 Å². The number of hydrogen-bond donors (Lipinski definition) is 1. The van der Waals surface area contributed by atoms with Gasteiger partial charge in [-0.1, -0.05) is 6.07 Å². The van der Waals surface area contributed by atoms with E-state index in [-0.39, 0.29) is 5.82 Å². The highest BCUT2D eigenvalue weighted by Crippen LogP contribution is 2.31. The highest BCUT2D eigenvalue weighted by Gasteiger charge is 2.18. The molecule has 1 aromatic carbocycles. The molecule has 2 N–H and O–H groups in total. The first kappa shape index (κ1) is 12.7. The number of hydrogen-bond acceptors (Lipinski definition) is 2. The maximum Gasteiger partial charge on any atom is 0.128 e. The van der Waals surface area contributed by atoms with E-state index in [0.29, 0.717) is 5.56 Å². The van der Waals surface area contributed by atoms with Crippen molar-refractivity contribution in [2.24, 2.45) is 5.73 Å². The van der Waals surface area contributed by atoms with E-state index in [2.05, 4.69) is 15.9 Å². The van der Waals surface area contributed by atoms with Gasteiger partial charge in [-0.2, -0.15) is 0 Å². The second kappa shape index (κ2) is 4.88. The summed E-state index contributed by atoms with van der Waals surface area (Å²) >= 11 is 4.92. The summed E-state index contributed by atoms with van der Waals surface area (Å²) in [6, 6.07) is 5.03. The first-order valence-electron chi connectivity index (χ1n) is 5.25. The molecule has 1 nitrogen and oxygen atoms in total. The maximum absolute atomic E-state index is 14.0. The van der Waals surface area contributed by atoms with Crippen LogP contribution in [-0.2, 0) is 0 Å². The molecule has 0 aliphatic heterocycles. The average Bonchev–Trinajstić information content (AvgIpc) is 2.63. The Balaban J connectivity index is 2.47. The normalized spacial score (nSPS) is 12.8. The van der Waals surface area contributed by atoms with Crippen LogP contribution >= 0.6 is 27.3 Å². The summed E-state index contributed by atoms with van der Waals surface area (Å²) in [5.41, 5.74) is 8.54. The third-order valence-corrected chi connectivity index (χ3v) is 4.46. The number of aryl methyl sites for hydroxylation is 2. The van der Waals surface area contributed by atoms with Crippen LogP contribution in [-0.4, -0.2) is 0 Å². The SMILES string of the molecule is Cc1cc(C)c(C(N)c2cc(Br)cs2)c(F)c1. The molecule has 0 bridgehead atoms. The van der Waals surface area contributed by atoms with Crippen LogP contribution in [0.3, 0.4) is 0 Å². The molecule has 2 aromatic rings. The van der Waals surface area contributed by atoms with E-state index in [1.54, 1.807) is 0 Å². The van der Waals surface area contributed by atoms with Crippen LogP contribution < -0.4 is 5.73 Å². The molecular formula is C13H13BrFNS. The monoisotopic (exact) mass is 313 g/mol. The van der Waals surface area contributed by atoms with Gasteiger partial charge in [-0.05, 0) is 53.0 Å². The topological polar surface area (TPSA) is 26.0 Å². The quantitative estimate of drug-likeness (QED) is 0.878. The fourth-order valence-electron chi connectivity index (χ4n) is 1.95. The van der Waals surface area contributed by atoms with Gasteiger partial charge in [-0.3, -0.25) is 0 Å². The van der Waals surface area contributed by atoms with E-state index < -0.39 is 6.04 Å². The summed E-state index contributed by atoms with van der Waals surface area (Å²) in [5.74, 6) is -0.223. The molecule has 0 fully saturated rings. The van der Waals surface area contributed by atoms with Gasteiger partial charge in [-0.25, -0.2) is 4.39 Å². The van der Waals surface area contributed by atoms with Crippen LogP contribution in [0.25, 0.3) is 0 Å². The summed E-state index contributed by atoms with van der Waals surface area (Å²) < 4.78 is 15.0. The smallest absolute Gasteiger partial charge is 0.128 e. The van der Waals surface area contributed by atoms with Crippen LogP contribution in [0.5, 0.6) is 0 Å². The highest BCUT2D eigenvalue weighted by atomic mass is 79.9. The second-order valence-electron chi connectivity index (χ2n) is 4.12. The van der Waals surface area contributed by atoms with Crippen molar-refractivity contribution in [1.29, 1.82) is 0 Å². The molecule has 90 valence electrons. The van der Waals surface area contributed by atoms with E-state index in [9.17, 15) is 4.39 Å². The molecule has 4 heteroatoms. The molecule has 0 aliphatic carbocycles. The Morgan fingerprint density at radius 1 is 1.29 bits per heavy atom. The first-order chi connectivity index (χ1) is 7.99. The third-order valence-electron chi connectivity index (χ3n) is 2.69. The molecular weight excluding hydrogens is 301 g/mol. The molecule has 0 saturated heterocycles. The van der Waals surface area contributed by atoms with Gasteiger partial charge in [0.1, 0.15) is 5.82 Å². The molecule has 0 spiro atoms. The van der Waals surface area contributed by atoms with E-state index in [0.717, 1.165) is 20.5 Å². The second-order valence-corrected chi connectivity index (χ2v) is 5.98. The van der Waals surface area contributed by atoms with Gasteiger partial charge in [-0.15, -0.1) is 11.3 Å². The number of rotatable bonds is 2. The van der Waals surface area contributed by atoms with Crippen LogP contribution in [0.15, 0.2) is 28.1 Å². The van der Waals surface area contributed by atoms with Gasteiger partial charge < -0.3 is 5.73 Å². The van der Waals surface area contributed by atoms with Crippen molar-refractivity contribution >= 4 is 27.3 Å². The van der Waals surface area contributed by atoms with E-state index in [1.165, 1.54) is 17.4 Å². The van der Waals surface area contributed by atoms with Crippen molar-refractivity contribution in [3.63, 3.8) is 0 Å². The minimum absolute atomic E-state index is 0.223. The Morgan fingerprint density at radius 2 is 2.00 bits per heavy atom. The zero-order valence-electron chi connectivity index (χ0n) is 9.63. The van der Waals surface area contributed by atoms with E-state index in [1.807, 2.05) is 31.4 Å². The molecule has 1 aromatic heterocycles. The lowest BCUT2D eigenvalue weighted by atomic mass is 9.98. The van der Waals surface area contributed by atoms with Gasteiger partial charge in [0.05, 0.1) is 6.04 Å². The Bertz CT molecular complexity index is 527. The lowest BCUT2D eigenvalue weighted by molar-refractivity contribution is 0.597. The van der Waals surface area contributed by atoms with Crippen molar-refractivity contribution in [1.82, 2.24) is 0 Å². The molecule has 1 unspecified atom stereocenters. The molecule has 0 aliphatic rings. The van der Waals surface area contributed by atoms with Gasteiger partial charge in [0.2, 0.25) is 0 Å². The van der Waals surface area contributed by atoms with Gasteiger partial charge in [0, 0.05) is 20.3 Å². The summed E-state index contributed by atoms with van der Waals surface area (Å²) in [5, 5.41) is 1.95. The summed E-state index contributed by atoms with van der Waals surface area (Å²) in [6.45, 7) is 3.78. The lowest BCUT2D eigenvalue weighted by Gasteiger charge is -2.15. The van der Waals surface area contributed by atoms with Crippen molar-refractivity contribution < 1.29 is 4.39 Å². The summed E-state index contributed by atoms with van der Waals surface area (Å²) in [4.78, 5) is 0.961. The number of nitrogens with two attached hydrogens (primary N) is 1. The summed E-state index contributed by atoms with van der Waals surface area (Å²) in [7, 11) is 0. The Labute approximate surface area is 113 Å². The standard InChI is InChI=1S/C13H13BrFNS/c1-7-3-8(2)12(10(15)4-7)13(16)11-5-9(14)6-17-11/h3-6,13H,16H2,1-2H3. The Kier molecular flexibility index (Phi) is 3.66. The molecule has 0 saturated carbocycles. The average molecular weight is 314 g/mol. The lowest BCUT2D eigenvalue weighted by Crippen LogP contribution is -2.14. The summed E-state index contributed by atoms with van der Waals surface area (Å²) in [6.07, 6.45) is 0. The fraction of sp³-hybridized carbons (Fsp3) is 0.231. The zero-order chi connectivity index (χ0) is 12.6. The van der Waals surface area contributed by atoms with Crippen LogP contribution in [0.2, 0.25) is 0 Å². The molecule has 1 atom stereocenters. The predicted molar refractivity (Wildman–Crippen MR) is 73.9 cm³/mol. The number of halogens is 2. The van der Waals surface area contributed by atoms with Crippen LogP contribution in [0, 0.1) is 19.7 Å². The fourth-order valence-corrected chi connectivity index (χ4v) is 3.41. The largest absolute Gasteiger partial charge is 0.320 e. The minimum Gasteiger partial charge on any atom is -0.320 e. The van der Waals surface area contributed by atoms with Crippen molar-refractivity contribution in [2.75, 3.05) is 0 Å². The zero-order valence-corrected chi connectivity index (χ0v) is 12.0. The first-order valence-corrected chi connectivity index (χ1v) is 6.92. The van der Waals surface area contributed by atoms with Crippen molar-refractivity contribution in [3.05, 3.63) is 55.4 Å². The van der Waals surface area contributed by atoms with Crippen molar-refractivity contribution in [3.8, 4) is 0 Å². The molecule has 0 radical (unpaired) electrons. The Hall–Kier alpha value is -0.710. The molecule has 2 rings (SSSR count). The molecule has 0 amide bonds. The van der Waals surface area contributed by atoms with Crippen LogP contribution in [0.4, 0.5) is 4.39 Å². The number of thiophene rings is 1. The molecule has 1 heterocycles. The van der Waals surface area contributed by atoms with E-state index >= 15 is 0 Å². The van der Waals surface area contributed by atoms with Gasteiger partial charge in [0.25, 0.3) is 0 Å². The van der Waals surface area contributed by atoms with E-state index in [4.69, 9.17) is 5.73 Å². The van der Waals surface area contributed by atoms with Gasteiger partial charge in [0.15, 0.2) is 0 Å². The van der Waals surface area contributed by atoms with Crippen LogP contribution in [0.1, 0.15) is 27.6 Å². The maximum atomic E-state index is 14.0. The number of benzene rings is 1. The predicted octanol–water partition coefficient (Wildman–Crippen LogP) is 4.31. The molecule has 17 heavy (non-hydrogen) atoms.